The van der Waals surface area contributed by atoms with Gasteiger partial charge in [0.1, 0.15) is 0 Å². The Kier molecular flexibility index (Phi) is 9.30. The van der Waals surface area contributed by atoms with Gasteiger partial charge < -0.3 is 20.8 Å². The van der Waals surface area contributed by atoms with Crippen LogP contribution in [0.4, 0.5) is 0 Å². The van der Waals surface area contributed by atoms with E-state index < -0.39 is 0 Å². The van der Waals surface area contributed by atoms with Crippen molar-refractivity contribution < 1.29 is 10.2 Å². The maximum atomic E-state index is 9.33. The van der Waals surface area contributed by atoms with E-state index in [0.29, 0.717) is 11.1 Å². The molecule has 0 amide bonds. The fourth-order valence-corrected chi connectivity index (χ4v) is 4.90. The number of halogens is 2. The highest BCUT2D eigenvalue weighted by atomic mass is 35.5. The molecule has 0 unspecified atom stereocenters. The van der Waals surface area contributed by atoms with Crippen LogP contribution in [0.1, 0.15) is 77.0 Å². The van der Waals surface area contributed by atoms with Crippen molar-refractivity contribution in [1.82, 2.24) is 10.6 Å². The zero-order valence-corrected chi connectivity index (χ0v) is 16.4. The summed E-state index contributed by atoms with van der Waals surface area (Å²) >= 11 is 0. The summed E-state index contributed by atoms with van der Waals surface area (Å²) in [5.74, 6) is 0. The summed E-state index contributed by atoms with van der Waals surface area (Å²) in [6.45, 7) is 2.38. The van der Waals surface area contributed by atoms with Crippen molar-refractivity contribution in [2.24, 2.45) is 0 Å². The van der Waals surface area contributed by atoms with E-state index in [-0.39, 0.29) is 37.0 Å². The maximum absolute atomic E-state index is 9.33. The van der Waals surface area contributed by atoms with Crippen LogP contribution in [-0.4, -0.2) is 46.6 Å². The van der Waals surface area contributed by atoms with E-state index in [0.717, 1.165) is 25.7 Å². The first-order chi connectivity index (χ1) is 10.6. The molecule has 0 atom stereocenters. The van der Waals surface area contributed by atoms with Crippen LogP contribution in [-0.2, 0) is 0 Å². The highest BCUT2D eigenvalue weighted by molar-refractivity contribution is 5.85. The van der Waals surface area contributed by atoms with Gasteiger partial charge >= 0.3 is 0 Å². The van der Waals surface area contributed by atoms with Gasteiger partial charge in [-0.2, -0.15) is 0 Å². The van der Waals surface area contributed by atoms with Gasteiger partial charge in [0.25, 0.3) is 0 Å². The normalized spacial score (nSPS) is 41.2. The lowest BCUT2D eigenvalue weighted by Gasteiger charge is -2.35. The molecule has 4 N–H and O–H groups in total. The van der Waals surface area contributed by atoms with Crippen LogP contribution in [0.25, 0.3) is 0 Å². The fraction of sp³-hybridized carbons (Fsp3) is 1.00. The Bertz CT molecular complexity index is 305. The first-order valence-corrected chi connectivity index (χ1v) is 9.48. The number of aliphatic hydroxyl groups is 2. The minimum atomic E-state index is -0.0111. The Morgan fingerprint density at radius 2 is 0.917 bits per heavy atom. The number of hydrogen-bond donors (Lipinski definition) is 4. The van der Waals surface area contributed by atoms with Gasteiger partial charge in [-0.15, -0.1) is 24.8 Å². The lowest BCUT2D eigenvalue weighted by atomic mass is 9.79. The molecule has 4 rings (SSSR count). The molecule has 2 saturated carbocycles. The SMILES string of the molecule is Cl.Cl.OC1CCC2(CCCN2)CC1.OC1CCC2(CCCN2)CC1. The zero-order chi connectivity index (χ0) is 15.5. The molecule has 6 heteroatoms. The van der Waals surface area contributed by atoms with Gasteiger partial charge in [-0.05, 0) is 90.1 Å². The van der Waals surface area contributed by atoms with Crippen LogP contribution in [0.15, 0.2) is 0 Å². The lowest BCUT2D eigenvalue weighted by molar-refractivity contribution is 0.0905. The number of hydrogen-bond acceptors (Lipinski definition) is 4. The lowest BCUT2D eigenvalue weighted by Crippen LogP contribution is -2.43. The third kappa shape index (κ3) is 5.72. The minimum Gasteiger partial charge on any atom is -0.393 e. The van der Waals surface area contributed by atoms with Crippen LogP contribution in [0.5, 0.6) is 0 Å². The van der Waals surface area contributed by atoms with Gasteiger partial charge in [-0.1, -0.05) is 0 Å². The molecule has 2 aliphatic heterocycles. The van der Waals surface area contributed by atoms with Crippen molar-refractivity contribution in [3.05, 3.63) is 0 Å². The molecule has 0 aromatic heterocycles. The van der Waals surface area contributed by atoms with Gasteiger partial charge in [-0.3, -0.25) is 0 Å². The predicted octanol–water partition coefficient (Wildman–Crippen LogP) is 2.93. The van der Waals surface area contributed by atoms with Gasteiger partial charge in [0.2, 0.25) is 0 Å². The van der Waals surface area contributed by atoms with Crippen molar-refractivity contribution in [3.63, 3.8) is 0 Å². The zero-order valence-electron chi connectivity index (χ0n) is 14.8. The summed E-state index contributed by atoms with van der Waals surface area (Å²) in [5, 5.41) is 25.8. The van der Waals surface area contributed by atoms with Crippen LogP contribution in [0, 0.1) is 0 Å². The van der Waals surface area contributed by atoms with E-state index in [1.54, 1.807) is 0 Å². The Balaban J connectivity index is 0.000000222. The Labute approximate surface area is 159 Å². The molecule has 4 fully saturated rings. The highest BCUT2D eigenvalue weighted by Gasteiger charge is 2.37. The molecular formula is C18H36Cl2N2O2. The molecular weight excluding hydrogens is 347 g/mol. The number of rotatable bonds is 0. The van der Waals surface area contributed by atoms with E-state index in [1.165, 1.54) is 64.5 Å². The average Bonchev–Trinajstić information content (AvgIpc) is 3.18. The number of aliphatic hydroxyl groups excluding tert-OH is 2. The molecule has 144 valence electrons. The summed E-state index contributed by atoms with van der Waals surface area (Å²) in [5.41, 5.74) is 0.887. The largest absolute Gasteiger partial charge is 0.393 e. The standard InChI is InChI=1S/2C9H17NO.2ClH/c2*11-8-2-5-9(6-3-8)4-1-7-10-9;;/h2*8,10-11H,1-7H2;2*1H. The van der Waals surface area contributed by atoms with Crippen LogP contribution < -0.4 is 10.6 Å². The predicted molar refractivity (Wildman–Crippen MR) is 103 cm³/mol. The smallest absolute Gasteiger partial charge is 0.0541 e. The van der Waals surface area contributed by atoms with Crippen molar-refractivity contribution in [1.29, 1.82) is 0 Å². The molecule has 0 bridgehead atoms. The van der Waals surface area contributed by atoms with Gasteiger partial charge in [-0.25, -0.2) is 0 Å². The average molecular weight is 383 g/mol. The molecule has 0 aromatic rings. The highest BCUT2D eigenvalue weighted by Crippen LogP contribution is 2.35. The molecule has 4 nitrogen and oxygen atoms in total. The topological polar surface area (TPSA) is 64.5 Å². The van der Waals surface area contributed by atoms with Crippen LogP contribution in [0.2, 0.25) is 0 Å². The summed E-state index contributed by atoms with van der Waals surface area (Å²) < 4.78 is 0. The molecule has 0 radical (unpaired) electrons. The van der Waals surface area contributed by atoms with Gasteiger partial charge in [0.15, 0.2) is 0 Å². The molecule has 2 saturated heterocycles. The summed E-state index contributed by atoms with van der Waals surface area (Å²) in [4.78, 5) is 0. The second-order valence-electron chi connectivity index (χ2n) is 8.08. The molecule has 2 aliphatic carbocycles. The van der Waals surface area contributed by atoms with E-state index >= 15 is 0 Å². The van der Waals surface area contributed by atoms with Crippen molar-refractivity contribution in [3.8, 4) is 0 Å². The van der Waals surface area contributed by atoms with E-state index in [4.69, 9.17) is 0 Å². The summed E-state index contributed by atoms with van der Waals surface area (Å²) in [6, 6.07) is 0. The maximum Gasteiger partial charge on any atom is 0.0541 e. The summed E-state index contributed by atoms with van der Waals surface area (Å²) in [6.07, 6.45) is 14.1. The summed E-state index contributed by atoms with van der Waals surface area (Å²) in [7, 11) is 0. The molecule has 24 heavy (non-hydrogen) atoms. The quantitative estimate of drug-likeness (QED) is 0.519. The van der Waals surface area contributed by atoms with E-state index in [9.17, 15) is 10.2 Å². The van der Waals surface area contributed by atoms with Gasteiger partial charge in [0.05, 0.1) is 12.2 Å². The minimum absolute atomic E-state index is 0. The molecule has 4 aliphatic rings. The Morgan fingerprint density at radius 1 is 0.583 bits per heavy atom. The molecule has 2 heterocycles. The van der Waals surface area contributed by atoms with Gasteiger partial charge in [0, 0.05) is 11.1 Å². The second-order valence-corrected chi connectivity index (χ2v) is 8.08. The van der Waals surface area contributed by atoms with Crippen molar-refractivity contribution >= 4 is 24.8 Å². The van der Waals surface area contributed by atoms with Crippen molar-refractivity contribution in [2.45, 2.75) is 100 Å². The monoisotopic (exact) mass is 382 g/mol. The first-order valence-electron chi connectivity index (χ1n) is 9.48. The van der Waals surface area contributed by atoms with Crippen molar-refractivity contribution in [2.75, 3.05) is 13.1 Å². The van der Waals surface area contributed by atoms with Crippen LogP contribution in [0.3, 0.4) is 0 Å². The molecule has 2 spiro atoms. The Morgan fingerprint density at radius 3 is 1.17 bits per heavy atom. The van der Waals surface area contributed by atoms with E-state index in [2.05, 4.69) is 10.6 Å². The fourth-order valence-electron chi connectivity index (χ4n) is 4.90. The number of nitrogens with one attached hydrogen (secondary N) is 2. The third-order valence-corrected chi connectivity index (χ3v) is 6.49. The van der Waals surface area contributed by atoms with E-state index in [1.807, 2.05) is 0 Å². The molecule has 0 aromatic carbocycles. The van der Waals surface area contributed by atoms with Crippen LogP contribution >= 0.6 is 24.8 Å². The Hall–Kier alpha value is 0.420. The first kappa shape index (κ1) is 22.5. The third-order valence-electron chi connectivity index (χ3n) is 6.49. The second kappa shape index (κ2) is 9.94.